The van der Waals surface area contributed by atoms with Crippen LogP contribution >= 0.6 is 0 Å². The lowest BCUT2D eigenvalue weighted by Crippen LogP contribution is -2.38. The van der Waals surface area contributed by atoms with Crippen LogP contribution in [0.4, 0.5) is 4.79 Å². The second kappa shape index (κ2) is 9.51. The van der Waals surface area contributed by atoms with Gasteiger partial charge in [-0.2, -0.15) is 0 Å². The maximum absolute atomic E-state index is 11.9. The van der Waals surface area contributed by atoms with Crippen LogP contribution in [-0.2, 0) is 4.74 Å². The molecule has 1 aliphatic rings. The lowest BCUT2D eigenvalue weighted by molar-refractivity contribution is 0.0297. The summed E-state index contributed by atoms with van der Waals surface area (Å²) in [5.41, 5.74) is -0.420. The van der Waals surface area contributed by atoms with Crippen molar-refractivity contribution in [1.82, 2.24) is 10.2 Å². The lowest BCUT2D eigenvalue weighted by Gasteiger charge is -2.31. The minimum atomic E-state index is -0.420. The molecular weight excluding hydrogens is 288 g/mol. The van der Waals surface area contributed by atoms with Crippen molar-refractivity contribution in [3.8, 4) is 0 Å². The normalized spacial score (nSPS) is 22.2. The molecule has 136 valence electrons. The zero-order chi connectivity index (χ0) is 17.5. The molecule has 1 saturated carbocycles. The molecule has 0 spiro atoms. The van der Waals surface area contributed by atoms with E-state index in [1.807, 2.05) is 27.8 Å². The highest BCUT2D eigenvalue weighted by molar-refractivity contribution is 5.67. The van der Waals surface area contributed by atoms with Crippen LogP contribution < -0.4 is 5.32 Å². The van der Waals surface area contributed by atoms with Crippen LogP contribution in [0.3, 0.4) is 0 Å². The third kappa shape index (κ3) is 9.19. The van der Waals surface area contributed by atoms with Gasteiger partial charge in [0.05, 0.1) is 0 Å². The number of hydrogen-bond acceptors (Lipinski definition) is 3. The van der Waals surface area contributed by atoms with Crippen molar-refractivity contribution in [2.24, 2.45) is 11.8 Å². The molecule has 0 heterocycles. The minimum Gasteiger partial charge on any atom is -0.444 e. The van der Waals surface area contributed by atoms with E-state index in [9.17, 15) is 4.79 Å². The van der Waals surface area contributed by atoms with Gasteiger partial charge >= 0.3 is 6.09 Å². The van der Waals surface area contributed by atoms with Gasteiger partial charge in [0.25, 0.3) is 0 Å². The summed E-state index contributed by atoms with van der Waals surface area (Å²) < 4.78 is 5.36. The minimum absolute atomic E-state index is 0.229. The van der Waals surface area contributed by atoms with Crippen molar-refractivity contribution in [1.29, 1.82) is 0 Å². The Labute approximate surface area is 143 Å². The standard InChI is InChI=1S/C19H38N2O2/c1-15(2)13-16-9-7-10-17(14-16)20-11-8-12-21(6)18(22)23-19(3,4)5/h15-17,20H,7-14H2,1-6H3. The highest BCUT2D eigenvalue weighted by Crippen LogP contribution is 2.29. The highest BCUT2D eigenvalue weighted by Gasteiger charge is 2.22. The predicted octanol–water partition coefficient (Wildman–Crippen LogP) is 4.44. The number of nitrogens with zero attached hydrogens (tertiary/aromatic N) is 1. The number of nitrogens with one attached hydrogen (secondary N) is 1. The maximum Gasteiger partial charge on any atom is 0.410 e. The summed E-state index contributed by atoms with van der Waals surface area (Å²) in [7, 11) is 1.81. The summed E-state index contributed by atoms with van der Waals surface area (Å²) in [5.74, 6) is 1.70. The van der Waals surface area contributed by atoms with Crippen LogP contribution in [0.5, 0.6) is 0 Å². The Hall–Kier alpha value is -0.770. The first-order valence-electron chi connectivity index (χ1n) is 9.35. The molecule has 0 aromatic carbocycles. The van der Waals surface area contributed by atoms with Crippen LogP contribution in [0.15, 0.2) is 0 Å². The molecule has 0 radical (unpaired) electrons. The summed E-state index contributed by atoms with van der Waals surface area (Å²) in [5, 5.41) is 3.69. The first-order chi connectivity index (χ1) is 10.7. The van der Waals surface area contributed by atoms with Gasteiger partial charge in [-0.05, 0) is 64.8 Å². The van der Waals surface area contributed by atoms with Gasteiger partial charge in [0.1, 0.15) is 5.60 Å². The van der Waals surface area contributed by atoms with Crippen LogP contribution in [0.2, 0.25) is 0 Å². The average Bonchev–Trinajstić information content (AvgIpc) is 2.41. The van der Waals surface area contributed by atoms with Crippen LogP contribution in [0.1, 0.15) is 73.1 Å². The van der Waals surface area contributed by atoms with E-state index < -0.39 is 5.60 Å². The van der Waals surface area contributed by atoms with E-state index in [0.717, 1.165) is 31.3 Å². The van der Waals surface area contributed by atoms with Crippen molar-refractivity contribution >= 4 is 6.09 Å². The summed E-state index contributed by atoms with van der Waals surface area (Å²) in [6.07, 6.45) is 7.48. The van der Waals surface area contributed by atoms with E-state index >= 15 is 0 Å². The fourth-order valence-electron chi connectivity index (χ4n) is 3.41. The summed E-state index contributed by atoms with van der Waals surface area (Å²) in [6, 6.07) is 0.666. The van der Waals surface area contributed by atoms with Crippen molar-refractivity contribution in [3.05, 3.63) is 0 Å². The molecule has 0 saturated heterocycles. The second-order valence-corrected chi connectivity index (χ2v) is 8.57. The van der Waals surface area contributed by atoms with Crippen LogP contribution in [0.25, 0.3) is 0 Å². The number of rotatable bonds is 7. The SMILES string of the molecule is CC(C)CC1CCCC(NCCCN(C)C(=O)OC(C)(C)C)C1. The molecule has 4 heteroatoms. The summed E-state index contributed by atoms with van der Waals surface area (Å²) in [4.78, 5) is 13.6. The predicted molar refractivity (Wildman–Crippen MR) is 96.7 cm³/mol. The molecule has 23 heavy (non-hydrogen) atoms. The number of ether oxygens (including phenoxy) is 1. The molecule has 1 N–H and O–H groups in total. The second-order valence-electron chi connectivity index (χ2n) is 8.57. The monoisotopic (exact) mass is 326 g/mol. The Bertz CT molecular complexity index is 350. The van der Waals surface area contributed by atoms with Crippen LogP contribution in [0, 0.1) is 11.8 Å². The fraction of sp³-hybridized carbons (Fsp3) is 0.947. The molecule has 1 amide bonds. The molecule has 1 rings (SSSR count). The van der Waals surface area contributed by atoms with Gasteiger partial charge < -0.3 is 15.0 Å². The smallest absolute Gasteiger partial charge is 0.410 e. The molecule has 0 bridgehead atoms. The van der Waals surface area contributed by atoms with E-state index in [4.69, 9.17) is 4.74 Å². The zero-order valence-electron chi connectivity index (χ0n) is 16.2. The fourth-order valence-corrected chi connectivity index (χ4v) is 3.41. The molecular formula is C19H38N2O2. The Morgan fingerprint density at radius 2 is 2.00 bits per heavy atom. The molecule has 1 aliphatic carbocycles. The van der Waals surface area contributed by atoms with Gasteiger partial charge in [0.2, 0.25) is 0 Å². The number of amides is 1. The van der Waals surface area contributed by atoms with Crippen LogP contribution in [-0.4, -0.2) is 42.8 Å². The van der Waals surface area contributed by atoms with Gasteiger partial charge in [-0.1, -0.05) is 26.7 Å². The van der Waals surface area contributed by atoms with Crippen molar-refractivity contribution in [2.75, 3.05) is 20.1 Å². The lowest BCUT2D eigenvalue weighted by atomic mass is 9.81. The van der Waals surface area contributed by atoms with E-state index in [1.165, 1.54) is 32.1 Å². The Balaban J connectivity index is 2.17. The molecule has 0 aliphatic heterocycles. The van der Waals surface area contributed by atoms with Gasteiger partial charge in [-0.3, -0.25) is 0 Å². The third-order valence-electron chi connectivity index (χ3n) is 4.40. The number of carbonyl (C=O) groups excluding carboxylic acids is 1. The summed E-state index contributed by atoms with van der Waals surface area (Å²) in [6.45, 7) is 12.1. The average molecular weight is 327 g/mol. The first-order valence-corrected chi connectivity index (χ1v) is 9.35. The molecule has 0 aromatic heterocycles. The topological polar surface area (TPSA) is 41.6 Å². The quantitative estimate of drug-likeness (QED) is 0.703. The largest absolute Gasteiger partial charge is 0.444 e. The molecule has 2 unspecified atom stereocenters. The van der Waals surface area contributed by atoms with Crippen molar-refractivity contribution in [2.45, 2.75) is 84.8 Å². The molecule has 2 atom stereocenters. The number of hydrogen-bond donors (Lipinski definition) is 1. The van der Waals surface area contributed by atoms with E-state index in [-0.39, 0.29) is 6.09 Å². The van der Waals surface area contributed by atoms with Gasteiger partial charge in [0.15, 0.2) is 0 Å². The molecule has 0 aromatic rings. The third-order valence-corrected chi connectivity index (χ3v) is 4.40. The molecule has 1 fully saturated rings. The number of carbonyl (C=O) groups is 1. The van der Waals surface area contributed by atoms with E-state index in [0.29, 0.717) is 6.04 Å². The Morgan fingerprint density at radius 1 is 1.30 bits per heavy atom. The Kier molecular flexibility index (Phi) is 8.38. The van der Waals surface area contributed by atoms with E-state index in [1.54, 1.807) is 4.90 Å². The van der Waals surface area contributed by atoms with Gasteiger partial charge in [-0.25, -0.2) is 4.79 Å². The highest BCUT2D eigenvalue weighted by atomic mass is 16.6. The maximum atomic E-state index is 11.9. The molecule has 4 nitrogen and oxygen atoms in total. The van der Waals surface area contributed by atoms with Crippen molar-refractivity contribution in [3.63, 3.8) is 0 Å². The van der Waals surface area contributed by atoms with Gasteiger partial charge in [-0.15, -0.1) is 0 Å². The Morgan fingerprint density at radius 3 is 2.61 bits per heavy atom. The summed E-state index contributed by atoms with van der Waals surface area (Å²) >= 11 is 0. The van der Waals surface area contributed by atoms with E-state index in [2.05, 4.69) is 19.2 Å². The van der Waals surface area contributed by atoms with Gasteiger partial charge in [0, 0.05) is 19.6 Å². The van der Waals surface area contributed by atoms with Crippen molar-refractivity contribution < 1.29 is 9.53 Å². The first kappa shape index (κ1) is 20.3. The zero-order valence-corrected chi connectivity index (χ0v) is 16.2.